The quantitative estimate of drug-likeness (QED) is 0.810. The highest BCUT2D eigenvalue weighted by Crippen LogP contribution is 2.41. The van der Waals surface area contributed by atoms with E-state index < -0.39 is 5.82 Å². The summed E-state index contributed by atoms with van der Waals surface area (Å²) in [6, 6.07) is 6.10. The maximum atomic E-state index is 14.2. The molecule has 2 saturated heterocycles. The highest BCUT2D eigenvalue weighted by Gasteiger charge is 2.47. The van der Waals surface area contributed by atoms with Crippen LogP contribution in [0.1, 0.15) is 19.8 Å². The molecule has 2 atom stereocenters. The van der Waals surface area contributed by atoms with Crippen LogP contribution < -0.4 is 21.9 Å². The summed E-state index contributed by atoms with van der Waals surface area (Å²) in [5, 5.41) is 0. The van der Waals surface area contributed by atoms with Gasteiger partial charge in [0.25, 0.3) is 5.56 Å². The monoisotopic (exact) mass is 387 g/mol. The van der Waals surface area contributed by atoms with Gasteiger partial charge in [0, 0.05) is 37.2 Å². The molecule has 4 N–H and O–H groups in total. The van der Waals surface area contributed by atoms with Crippen molar-refractivity contribution in [2.75, 3.05) is 30.3 Å². The molecule has 2 aromatic rings. The topological polar surface area (TPSA) is 99.4 Å². The lowest BCUT2D eigenvalue weighted by atomic mass is 9.73. The summed E-state index contributed by atoms with van der Waals surface area (Å²) in [6.45, 7) is 4.11. The van der Waals surface area contributed by atoms with Crippen LogP contribution in [-0.2, 0) is 11.8 Å². The highest BCUT2D eigenvalue weighted by molar-refractivity contribution is 5.74. The molecule has 8 heteroatoms. The number of anilines is 2. The number of halogens is 1. The van der Waals surface area contributed by atoms with E-state index in [1.54, 1.807) is 19.2 Å². The average molecular weight is 387 g/mol. The van der Waals surface area contributed by atoms with Crippen molar-refractivity contribution in [1.29, 1.82) is 0 Å². The Labute approximate surface area is 163 Å². The first-order valence-electron chi connectivity index (χ1n) is 9.57. The molecular weight excluding hydrogens is 361 g/mol. The van der Waals surface area contributed by atoms with Crippen LogP contribution in [0.4, 0.5) is 16.2 Å². The molecule has 0 bridgehead atoms. The molecule has 2 fully saturated rings. The Morgan fingerprint density at radius 3 is 2.57 bits per heavy atom. The van der Waals surface area contributed by atoms with Crippen LogP contribution in [0.2, 0.25) is 0 Å². The predicted molar refractivity (Wildman–Crippen MR) is 107 cm³/mol. The number of aromatic nitrogens is 2. The molecule has 2 aliphatic rings. The molecule has 0 amide bonds. The smallest absolute Gasteiger partial charge is 0.264 e. The Morgan fingerprint density at radius 2 is 1.96 bits per heavy atom. The van der Waals surface area contributed by atoms with Crippen molar-refractivity contribution in [2.45, 2.75) is 31.9 Å². The van der Waals surface area contributed by atoms with E-state index in [9.17, 15) is 9.18 Å². The van der Waals surface area contributed by atoms with Crippen molar-refractivity contribution < 1.29 is 9.13 Å². The third-order valence-electron chi connectivity index (χ3n) is 6.33. The Hall–Kier alpha value is -2.45. The third-order valence-corrected chi connectivity index (χ3v) is 6.33. The van der Waals surface area contributed by atoms with E-state index in [0.29, 0.717) is 25.6 Å². The number of nitrogen functional groups attached to an aromatic ring is 1. The molecule has 28 heavy (non-hydrogen) atoms. The minimum absolute atomic E-state index is 0.0138. The lowest BCUT2D eigenvalue weighted by molar-refractivity contribution is 0.0973. The number of piperidine rings is 1. The van der Waals surface area contributed by atoms with Crippen molar-refractivity contribution in [2.24, 2.45) is 18.2 Å². The Balaban J connectivity index is 1.64. The van der Waals surface area contributed by atoms with Gasteiger partial charge in [0.1, 0.15) is 11.6 Å². The molecule has 0 unspecified atom stereocenters. The molecule has 3 heterocycles. The van der Waals surface area contributed by atoms with Crippen molar-refractivity contribution in [3.05, 3.63) is 40.4 Å². The maximum Gasteiger partial charge on any atom is 0.264 e. The first-order chi connectivity index (χ1) is 13.3. The fraction of sp³-hybridized carbons (Fsp3) is 0.500. The molecule has 1 aromatic heterocycles. The number of ether oxygens (including phenoxy) is 1. The Kier molecular flexibility index (Phi) is 4.63. The van der Waals surface area contributed by atoms with Gasteiger partial charge < -0.3 is 21.1 Å². The van der Waals surface area contributed by atoms with E-state index in [1.807, 2.05) is 11.8 Å². The third kappa shape index (κ3) is 2.87. The summed E-state index contributed by atoms with van der Waals surface area (Å²) in [5.74, 6) is 0.0427. The second-order valence-corrected chi connectivity index (χ2v) is 7.91. The first-order valence-corrected chi connectivity index (χ1v) is 9.57. The minimum Gasteiger partial charge on any atom is -0.383 e. The summed E-state index contributed by atoms with van der Waals surface area (Å²) in [6.07, 6.45) is 1.79. The number of nitrogens with two attached hydrogens (primary N) is 2. The second kappa shape index (κ2) is 6.86. The van der Waals surface area contributed by atoms with Gasteiger partial charge in [-0.3, -0.25) is 9.36 Å². The van der Waals surface area contributed by atoms with Gasteiger partial charge in [-0.1, -0.05) is 18.2 Å². The number of benzene rings is 1. The van der Waals surface area contributed by atoms with Crippen LogP contribution in [0.3, 0.4) is 0 Å². The molecule has 4 rings (SSSR count). The van der Waals surface area contributed by atoms with E-state index in [1.165, 1.54) is 16.7 Å². The largest absolute Gasteiger partial charge is 0.383 e. The summed E-state index contributed by atoms with van der Waals surface area (Å²) in [4.78, 5) is 19.5. The number of hydrogen-bond acceptors (Lipinski definition) is 6. The first kappa shape index (κ1) is 18.9. The fourth-order valence-electron chi connectivity index (χ4n) is 4.43. The van der Waals surface area contributed by atoms with Gasteiger partial charge in [-0.25, -0.2) is 4.39 Å². The Bertz CT molecular complexity index is 952. The van der Waals surface area contributed by atoms with Crippen LogP contribution in [-0.4, -0.2) is 41.4 Å². The van der Waals surface area contributed by atoms with Gasteiger partial charge in [0.2, 0.25) is 5.95 Å². The predicted octanol–water partition coefficient (Wildman–Crippen LogP) is 1.50. The standard InChI is InChI=1S/C20H26FN5O2/c1-12-16(22)20(11-28-12)7-9-26(10-8-20)19-24-17(23)15(18(27)25(19)2)13-5-3-4-6-14(13)21/h3-6,12,16H,7-11,22-23H2,1-2H3/t12-,16+/m0/s1. The average Bonchev–Trinajstić information content (AvgIpc) is 2.96. The van der Waals surface area contributed by atoms with Gasteiger partial charge >= 0.3 is 0 Å². The second-order valence-electron chi connectivity index (χ2n) is 7.91. The molecule has 0 radical (unpaired) electrons. The van der Waals surface area contributed by atoms with E-state index in [4.69, 9.17) is 16.2 Å². The summed E-state index contributed by atoms with van der Waals surface area (Å²) in [7, 11) is 1.64. The van der Waals surface area contributed by atoms with Gasteiger partial charge in [-0.05, 0) is 25.8 Å². The maximum absolute atomic E-state index is 14.2. The van der Waals surface area contributed by atoms with Crippen molar-refractivity contribution in [3.8, 4) is 11.1 Å². The summed E-state index contributed by atoms with van der Waals surface area (Å²) < 4.78 is 21.4. The van der Waals surface area contributed by atoms with Crippen LogP contribution in [0.5, 0.6) is 0 Å². The van der Waals surface area contributed by atoms with Crippen LogP contribution in [0.15, 0.2) is 29.1 Å². The van der Waals surface area contributed by atoms with E-state index in [2.05, 4.69) is 4.98 Å². The molecule has 0 aliphatic carbocycles. The minimum atomic E-state index is -0.495. The molecule has 0 saturated carbocycles. The van der Waals surface area contributed by atoms with Gasteiger partial charge in [0.05, 0.1) is 18.3 Å². The van der Waals surface area contributed by atoms with Crippen molar-refractivity contribution in [3.63, 3.8) is 0 Å². The molecule has 7 nitrogen and oxygen atoms in total. The normalized spacial score (nSPS) is 24.1. The summed E-state index contributed by atoms with van der Waals surface area (Å²) >= 11 is 0. The molecule has 1 spiro atoms. The number of rotatable bonds is 2. The molecule has 150 valence electrons. The lowest BCUT2D eigenvalue weighted by Crippen LogP contribution is -2.51. The SMILES string of the molecule is C[C@@H]1OCC2(CCN(c3nc(N)c(-c4ccccc4F)c(=O)n3C)CC2)[C@@H]1N. The van der Waals surface area contributed by atoms with Gasteiger partial charge in [-0.2, -0.15) is 4.98 Å². The molecular formula is C20H26FN5O2. The molecule has 1 aromatic carbocycles. The van der Waals surface area contributed by atoms with Crippen LogP contribution in [0, 0.1) is 11.2 Å². The molecule has 2 aliphatic heterocycles. The van der Waals surface area contributed by atoms with Gasteiger partial charge in [-0.15, -0.1) is 0 Å². The zero-order valence-corrected chi connectivity index (χ0v) is 16.2. The lowest BCUT2D eigenvalue weighted by Gasteiger charge is -2.41. The number of nitrogens with zero attached hydrogens (tertiary/aromatic N) is 3. The van der Waals surface area contributed by atoms with E-state index in [-0.39, 0.29) is 40.1 Å². The summed E-state index contributed by atoms with van der Waals surface area (Å²) in [5.41, 5.74) is 12.4. The zero-order chi connectivity index (χ0) is 20.1. The fourth-order valence-corrected chi connectivity index (χ4v) is 4.43. The van der Waals surface area contributed by atoms with E-state index >= 15 is 0 Å². The Morgan fingerprint density at radius 1 is 1.29 bits per heavy atom. The van der Waals surface area contributed by atoms with Crippen LogP contribution in [0.25, 0.3) is 11.1 Å². The van der Waals surface area contributed by atoms with Crippen molar-refractivity contribution >= 4 is 11.8 Å². The van der Waals surface area contributed by atoms with Crippen molar-refractivity contribution in [1.82, 2.24) is 9.55 Å². The number of hydrogen-bond donors (Lipinski definition) is 2. The van der Waals surface area contributed by atoms with E-state index in [0.717, 1.165) is 12.8 Å². The van der Waals surface area contributed by atoms with Crippen LogP contribution >= 0.6 is 0 Å². The highest BCUT2D eigenvalue weighted by atomic mass is 19.1. The van der Waals surface area contributed by atoms with Gasteiger partial charge in [0.15, 0.2) is 0 Å². The zero-order valence-electron chi connectivity index (χ0n) is 16.2.